The Bertz CT molecular complexity index is 372. The summed E-state index contributed by atoms with van der Waals surface area (Å²) in [6.07, 6.45) is -7.29. The highest BCUT2D eigenvalue weighted by atomic mass is 19.4. The van der Waals surface area contributed by atoms with Crippen LogP contribution in [0.2, 0.25) is 0 Å². The molecule has 7 heteroatoms. The molecule has 2 nitrogen and oxygen atoms in total. The van der Waals surface area contributed by atoms with Crippen molar-refractivity contribution in [3.8, 4) is 0 Å². The zero-order valence-corrected chi connectivity index (χ0v) is 7.57. The normalized spacial score (nSPS) is 12.2. The van der Waals surface area contributed by atoms with Crippen LogP contribution in [-0.4, -0.2) is 4.98 Å². The summed E-state index contributed by atoms with van der Waals surface area (Å²) in [5.41, 5.74) is 2.17. The van der Waals surface area contributed by atoms with E-state index in [1.807, 2.05) is 0 Å². The molecule has 0 atom stereocenters. The Labute approximate surface area is 81.9 Å². The number of anilines is 1. The summed E-state index contributed by atoms with van der Waals surface area (Å²) >= 11 is 0. The molecule has 1 heterocycles. The Morgan fingerprint density at radius 1 is 1.33 bits per heavy atom. The van der Waals surface area contributed by atoms with E-state index in [2.05, 4.69) is 4.98 Å². The SMILES string of the molecule is Cc1c(C(F)F)ncc(C(F)(F)F)c1N. The van der Waals surface area contributed by atoms with Crippen LogP contribution in [-0.2, 0) is 6.18 Å². The maximum absolute atomic E-state index is 12.3. The van der Waals surface area contributed by atoms with Crippen molar-refractivity contribution >= 4 is 5.69 Å². The van der Waals surface area contributed by atoms with Gasteiger partial charge in [-0.2, -0.15) is 13.2 Å². The molecule has 1 aromatic rings. The first kappa shape index (κ1) is 11.7. The molecule has 0 spiro atoms. The number of nitrogens with two attached hydrogens (primary N) is 1. The molecule has 0 aliphatic carbocycles. The number of alkyl halides is 5. The van der Waals surface area contributed by atoms with Crippen LogP contribution < -0.4 is 5.73 Å². The molecule has 84 valence electrons. The number of rotatable bonds is 1. The van der Waals surface area contributed by atoms with Gasteiger partial charge in [0.25, 0.3) is 6.43 Å². The number of aromatic nitrogens is 1. The molecule has 0 aliphatic rings. The van der Waals surface area contributed by atoms with Gasteiger partial charge in [-0.15, -0.1) is 0 Å². The minimum Gasteiger partial charge on any atom is -0.398 e. The lowest BCUT2D eigenvalue weighted by atomic mass is 10.1. The second-order valence-corrected chi connectivity index (χ2v) is 2.89. The molecular weight excluding hydrogens is 219 g/mol. The van der Waals surface area contributed by atoms with Crippen molar-refractivity contribution in [2.75, 3.05) is 5.73 Å². The van der Waals surface area contributed by atoms with Crippen LogP contribution >= 0.6 is 0 Å². The predicted octanol–water partition coefficient (Wildman–Crippen LogP) is 2.93. The zero-order valence-electron chi connectivity index (χ0n) is 7.57. The maximum atomic E-state index is 12.3. The van der Waals surface area contributed by atoms with E-state index < -0.39 is 29.5 Å². The Balaban J connectivity index is 3.34. The van der Waals surface area contributed by atoms with Crippen LogP contribution in [0.3, 0.4) is 0 Å². The molecule has 0 saturated carbocycles. The summed E-state index contributed by atoms with van der Waals surface area (Å²) in [5, 5.41) is 0. The fourth-order valence-corrected chi connectivity index (χ4v) is 1.09. The van der Waals surface area contributed by atoms with Gasteiger partial charge in [-0.25, -0.2) is 8.78 Å². The molecule has 0 amide bonds. The second-order valence-electron chi connectivity index (χ2n) is 2.89. The third-order valence-electron chi connectivity index (χ3n) is 1.92. The zero-order chi connectivity index (χ0) is 11.8. The Morgan fingerprint density at radius 3 is 2.27 bits per heavy atom. The standard InChI is InChI=1S/C8H7F5N2/c1-3-5(14)4(8(11,12)13)2-15-6(3)7(9)10/h2,7H,1H3,(H2,14,15). The molecule has 1 aromatic heterocycles. The van der Waals surface area contributed by atoms with E-state index in [4.69, 9.17) is 5.73 Å². The van der Waals surface area contributed by atoms with E-state index in [-0.39, 0.29) is 5.56 Å². The summed E-state index contributed by atoms with van der Waals surface area (Å²) in [4.78, 5) is 3.06. The van der Waals surface area contributed by atoms with Crippen LogP contribution in [0.4, 0.5) is 27.6 Å². The molecule has 0 bridgehead atoms. The molecule has 0 aromatic carbocycles. The highest BCUT2D eigenvalue weighted by molar-refractivity contribution is 5.55. The van der Waals surface area contributed by atoms with Crippen LogP contribution in [0.5, 0.6) is 0 Å². The molecule has 15 heavy (non-hydrogen) atoms. The Hall–Kier alpha value is -1.40. The van der Waals surface area contributed by atoms with Gasteiger partial charge in [0.05, 0.1) is 11.3 Å². The summed E-state index contributed by atoms with van der Waals surface area (Å²) in [6.45, 7) is 1.08. The number of hydrogen-bond donors (Lipinski definition) is 1. The Kier molecular flexibility index (Phi) is 2.83. The molecular formula is C8H7F5N2. The van der Waals surface area contributed by atoms with Gasteiger partial charge in [-0.3, -0.25) is 4.98 Å². The molecule has 0 saturated heterocycles. The number of pyridine rings is 1. The second kappa shape index (κ2) is 3.63. The van der Waals surface area contributed by atoms with Crippen molar-refractivity contribution in [3.05, 3.63) is 23.0 Å². The molecule has 0 unspecified atom stereocenters. The first-order chi connectivity index (χ1) is 6.75. The van der Waals surface area contributed by atoms with Crippen LogP contribution in [0.1, 0.15) is 23.2 Å². The maximum Gasteiger partial charge on any atom is 0.419 e. The lowest BCUT2D eigenvalue weighted by Gasteiger charge is -2.13. The van der Waals surface area contributed by atoms with Gasteiger partial charge in [-0.05, 0) is 12.5 Å². The average molecular weight is 226 g/mol. The summed E-state index contributed by atoms with van der Waals surface area (Å²) in [7, 11) is 0. The fraction of sp³-hybridized carbons (Fsp3) is 0.375. The number of nitrogens with zero attached hydrogens (tertiary/aromatic N) is 1. The first-order valence-electron chi connectivity index (χ1n) is 3.85. The molecule has 1 rings (SSSR count). The summed E-state index contributed by atoms with van der Waals surface area (Å²) in [5.74, 6) is 0. The van der Waals surface area contributed by atoms with E-state index in [0.717, 1.165) is 6.92 Å². The van der Waals surface area contributed by atoms with Gasteiger partial charge in [0.2, 0.25) is 0 Å². The van der Waals surface area contributed by atoms with Crippen molar-refractivity contribution in [1.29, 1.82) is 0 Å². The van der Waals surface area contributed by atoms with Crippen LogP contribution in [0.15, 0.2) is 6.20 Å². The lowest BCUT2D eigenvalue weighted by molar-refractivity contribution is -0.137. The monoisotopic (exact) mass is 226 g/mol. The van der Waals surface area contributed by atoms with Gasteiger partial charge in [0, 0.05) is 6.20 Å². The first-order valence-corrected chi connectivity index (χ1v) is 3.85. The highest BCUT2D eigenvalue weighted by Gasteiger charge is 2.35. The van der Waals surface area contributed by atoms with E-state index in [1.165, 1.54) is 0 Å². The third-order valence-corrected chi connectivity index (χ3v) is 1.92. The minimum atomic E-state index is -4.68. The third kappa shape index (κ3) is 2.16. The smallest absolute Gasteiger partial charge is 0.398 e. The Morgan fingerprint density at radius 2 is 1.87 bits per heavy atom. The van der Waals surface area contributed by atoms with E-state index in [1.54, 1.807) is 0 Å². The summed E-state index contributed by atoms with van der Waals surface area (Å²) < 4.78 is 61.2. The fourth-order valence-electron chi connectivity index (χ4n) is 1.09. The average Bonchev–Trinajstić information content (AvgIpc) is 2.06. The van der Waals surface area contributed by atoms with Gasteiger partial charge in [-0.1, -0.05) is 0 Å². The van der Waals surface area contributed by atoms with Gasteiger partial charge < -0.3 is 5.73 Å². The van der Waals surface area contributed by atoms with E-state index >= 15 is 0 Å². The largest absolute Gasteiger partial charge is 0.419 e. The topological polar surface area (TPSA) is 38.9 Å². The summed E-state index contributed by atoms with van der Waals surface area (Å²) in [6, 6.07) is 0. The van der Waals surface area contributed by atoms with Crippen molar-refractivity contribution in [3.63, 3.8) is 0 Å². The number of halogens is 5. The van der Waals surface area contributed by atoms with E-state index in [0.29, 0.717) is 6.20 Å². The van der Waals surface area contributed by atoms with Crippen molar-refractivity contribution in [1.82, 2.24) is 4.98 Å². The molecule has 0 fully saturated rings. The number of nitrogen functional groups attached to an aromatic ring is 1. The molecule has 0 radical (unpaired) electrons. The minimum absolute atomic E-state index is 0.323. The number of hydrogen-bond acceptors (Lipinski definition) is 2. The van der Waals surface area contributed by atoms with Crippen molar-refractivity contribution < 1.29 is 22.0 Å². The van der Waals surface area contributed by atoms with Gasteiger partial charge >= 0.3 is 6.18 Å². The molecule has 2 N–H and O–H groups in total. The molecule has 0 aliphatic heterocycles. The van der Waals surface area contributed by atoms with Crippen molar-refractivity contribution in [2.45, 2.75) is 19.5 Å². The quantitative estimate of drug-likeness (QED) is 0.747. The highest BCUT2D eigenvalue weighted by Crippen LogP contribution is 2.36. The van der Waals surface area contributed by atoms with Gasteiger partial charge in [0.15, 0.2) is 0 Å². The van der Waals surface area contributed by atoms with Crippen LogP contribution in [0, 0.1) is 6.92 Å². The van der Waals surface area contributed by atoms with Crippen LogP contribution in [0.25, 0.3) is 0 Å². The van der Waals surface area contributed by atoms with Crippen molar-refractivity contribution in [2.24, 2.45) is 0 Å². The van der Waals surface area contributed by atoms with Gasteiger partial charge in [0.1, 0.15) is 5.69 Å². The predicted molar refractivity (Wildman–Crippen MR) is 43.3 cm³/mol. The lowest BCUT2D eigenvalue weighted by Crippen LogP contribution is -2.12. The van der Waals surface area contributed by atoms with E-state index in [9.17, 15) is 22.0 Å².